The molecule has 3 aromatic heterocycles. The van der Waals surface area contributed by atoms with Crippen molar-refractivity contribution < 1.29 is 4.79 Å². The molecule has 0 aliphatic carbocycles. The van der Waals surface area contributed by atoms with Crippen molar-refractivity contribution in [2.75, 3.05) is 0 Å². The molecule has 3 rings (SSSR count). The van der Waals surface area contributed by atoms with E-state index in [0.717, 1.165) is 16.1 Å². The van der Waals surface area contributed by atoms with Crippen molar-refractivity contribution in [3.63, 3.8) is 0 Å². The minimum atomic E-state index is -0.110. The van der Waals surface area contributed by atoms with Gasteiger partial charge in [0.15, 0.2) is 0 Å². The van der Waals surface area contributed by atoms with Gasteiger partial charge < -0.3 is 5.32 Å². The van der Waals surface area contributed by atoms with Crippen LogP contribution in [0.5, 0.6) is 0 Å². The highest BCUT2D eigenvalue weighted by atomic mass is 35.5. The van der Waals surface area contributed by atoms with E-state index >= 15 is 0 Å². The number of thiophene rings is 2. The smallest absolute Gasteiger partial charge is 0.261 e. The molecule has 1 amide bonds. The topological polar surface area (TPSA) is 42.0 Å². The summed E-state index contributed by atoms with van der Waals surface area (Å²) in [6, 6.07) is 11.4. The van der Waals surface area contributed by atoms with E-state index < -0.39 is 0 Å². The van der Waals surface area contributed by atoms with E-state index in [1.54, 1.807) is 29.7 Å². The maximum absolute atomic E-state index is 12.0. The maximum atomic E-state index is 12.0. The van der Waals surface area contributed by atoms with Crippen molar-refractivity contribution in [1.82, 2.24) is 10.3 Å². The van der Waals surface area contributed by atoms with Gasteiger partial charge in [0.2, 0.25) is 0 Å². The number of amides is 1. The molecule has 0 atom stereocenters. The van der Waals surface area contributed by atoms with Crippen LogP contribution in [-0.2, 0) is 6.54 Å². The summed E-state index contributed by atoms with van der Waals surface area (Å²) in [4.78, 5) is 18.1. The molecule has 0 aliphatic rings. The number of hydrogen-bond donors (Lipinski definition) is 1. The Morgan fingerprint density at radius 2 is 2.19 bits per heavy atom. The average Bonchev–Trinajstić information content (AvgIpc) is 3.16. The highest BCUT2D eigenvalue weighted by molar-refractivity contribution is 7.18. The van der Waals surface area contributed by atoms with E-state index in [0.29, 0.717) is 15.8 Å². The third-order valence-corrected chi connectivity index (χ3v) is 4.97. The third-order valence-electron chi connectivity index (χ3n) is 2.85. The van der Waals surface area contributed by atoms with Gasteiger partial charge >= 0.3 is 0 Å². The van der Waals surface area contributed by atoms with Crippen molar-refractivity contribution in [2.24, 2.45) is 0 Å². The van der Waals surface area contributed by atoms with Crippen LogP contribution in [0.1, 0.15) is 15.2 Å². The number of aromatic nitrogens is 1. The summed E-state index contributed by atoms with van der Waals surface area (Å²) < 4.78 is 0.615. The van der Waals surface area contributed by atoms with Gasteiger partial charge in [-0.1, -0.05) is 17.7 Å². The first kappa shape index (κ1) is 14.3. The van der Waals surface area contributed by atoms with Crippen LogP contribution < -0.4 is 5.32 Å². The highest BCUT2D eigenvalue weighted by Crippen LogP contribution is 2.23. The predicted molar refractivity (Wildman–Crippen MR) is 88.0 cm³/mol. The number of pyridine rings is 1. The monoisotopic (exact) mass is 334 g/mol. The minimum Gasteiger partial charge on any atom is -0.347 e. The van der Waals surface area contributed by atoms with Gasteiger partial charge in [-0.2, -0.15) is 0 Å². The first-order valence-corrected chi connectivity index (χ1v) is 8.32. The molecule has 3 heterocycles. The first-order valence-electron chi connectivity index (χ1n) is 6.25. The number of nitrogens with one attached hydrogen (secondary N) is 1. The van der Waals surface area contributed by atoms with Crippen LogP contribution in [0.25, 0.3) is 10.6 Å². The average molecular weight is 335 g/mol. The summed E-state index contributed by atoms with van der Waals surface area (Å²) in [5.74, 6) is -0.110. The van der Waals surface area contributed by atoms with Crippen LogP contribution in [0.4, 0.5) is 0 Å². The van der Waals surface area contributed by atoms with Crippen LogP contribution in [0.15, 0.2) is 48.0 Å². The lowest BCUT2D eigenvalue weighted by Gasteiger charge is -2.05. The van der Waals surface area contributed by atoms with Crippen molar-refractivity contribution in [1.29, 1.82) is 0 Å². The molecule has 106 valence electrons. The van der Waals surface area contributed by atoms with E-state index in [1.165, 1.54) is 11.3 Å². The molecule has 0 saturated heterocycles. The molecule has 6 heteroatoms. The Morgan fingerprint density at radius 3 is 2.90 bits per heavy atom. The van der Waals surface area contributed by atoms with Gasteiger partial charge in [0, 0.05) is 12.7 Å². The van der Waals surface area contributed by atoms with Gasteiger partial charge in [-0.05, 0) is 41.3 Å². The minimum absolute atomic E-state index is 0.110. The molecule has 3 nitrogen and oxygen atoms in total. The van der Waals surface area contributed by atoms with Crippen LogP contribution in [0.2, 0.25) is 4.34 Å². The molecular weight excluding hydrogens is 324 g/mol. The second kappa shape index (κ2) is 6.39. The molecular formula is C15H11ClN2OS2. The molecule has 0 aromatic carbocycles. The predicted octanol–water partition coefficient (Wildman–Crippen LogP) is 4.46. The van der Waals surface area contributed by atoms with Crippen molar-refractivity contribution in [3.05, 3.63) is 62.8 Å². The molecule has 0 spiro atoms. The van der Waals surface area contributed by atoms with Gasteiger partial charge in [-0.25, -0.2) is 0 Å². The lowest BCUT2D eigenvalue weighted by Crippen LogP contribution is -2.21. The second-order valence-corrected chi connectivity index (χ2v) is 6.98. The van der Waals surface area contributed by atoms with Gasteiger partial charge in [0.25, 0.3) is 5.91 Å². The molecule has 0 fully saturated rings. The summed E-state index contributed by atoms with van der Waals surface area (Å²) in [5, 5.41) is 4.91. The summed E-state index contributed by atoms with van der Waals surface area (Å²) in [6.45, 7) is 0.468. The van der Waals surface area contributed by atoms with Crippen molar-refractivity contribution in [2.45, 2.75) is 6.54 Å². The van der Waals surface area contributed by atoms with E-state index in [2.05, 4.69) is 10.3 Å². The molecule has 0 unspecified atom stereocenters. The quantitative estimate of drug-likeness (QED) is 0.765. The van der Waals surface area contributed by atoms with E-state index in [4.69, 9.17) is 11.6 Å². The molecule has 1 N–H and O–H groups in total. The second-order valence-electron chi connectivity index (χ2n) is 4.31. The van der Waals surface area contributed by atoms with Gasteiger partial charge in [0.1, 0.15) is 0 Å². The van der Waals surface area contributed by atoms with Crippen molar-refractivity contribution in [3.8, 4) is 10.6 Å². The summed E-state index contributed by atoms with van der Waals surface area (Å²) in [7, 11) is 0. The fraction of sp³-hybridized carbons (Fsp3) is 0.0667. The Kier molecular flexibility index (Phi) is 4.34. The number of halogens is 1. The normalized spacial score (nSPS) is 10.5. The number of rotatable bonds is 4. The molecule has 0 radical (unpaired) electrons. The Labute approximate surface area is 135 Å². The Bertz CT molecular complexity index is 753. The van der Waals surface area contributed by atoms with Crippen LogP contribution in [0.3, 0.4) is 0 Å². The number of hydrogen-bond acceptors (Lipinski definition) is 4. The third kappa shape index (κ3) is 3.50. The zero-order chi connectivity index (χ0) is 14.7. The summed E-state index contributed by atoms with van der Waals surface area (Å²) in [6.07, 6.45) is 1.76. The molecule has 0 saturated carbocycles. The summed E-state index contributed by atoms with van der Waals surface area (Å²) >= 11 is 8.75. The maximum Gasteiger partial charge on any atom is 0.261 e. The fourth-order valence-corrected chi connectivity index (χ4v) is 3.50. The van der Waals surface area contributed by atoms with Crippen LogP contribution in [0, 0.1) is 0 Å². The lowest BCUT2D eigenvalue weighted by molar-refractivity contribution is 0.0955. The van der Waals surface area contributed by atoms with Crippen LogP contribution >= 0.6 is 34.3 Å². The first-order chi connectivity index (χ1) is 10.2. The molecule has 0 bridgehead atoms. The zero-order valence-corrected chi connectivity index (χ0v) is 13.3. The largest absolute Gasteiger partial charge is 0.347 e. The van der Waals surface area contributed by atoms with E-state index in [9.17, 15) is 4.79 Å². The number of nitrogens with zero attached hydrogens (tertiary/aromatic N) is 1. The molecule has 3 aromatic rings. The molecule has 0 aliphatic heterocycles. The SMILES string of the molecule is O=C(NCc1ccnc(-c2cccs2)c1)c1ccc(Cl)s1. The lowest BCUT2D eigenvalue weighted by atomic mass is 10.2. The fourth-order valence-electron chi connectivity index (χ4n) is 1.85. The number of carbonyl (C=O) groups excluding carboxylic acids is 1. The van der Waals surface area contributed by atoms with Crippen molar-refractivity contribution >= 4 is 40.2 Å². The van der Waals surface area contributed by atoms with E-state index in [-0.39, 0.29) is 5.91 Å². The standard InChI is InChI=1S/C15H11ClN2OS2/c16-14-4-3-13(21-14)15(19)18-9-10-5-6-17-11(8-10)12-2-1-7-20-12/h1-8H,9H2,(H,18,19). The van der Waals surface area contributed by atoms with Gasteiger partial charge in [-0.3, -0.25) is 9.78 Å². The zero-order valence-electron chi connectivity index (χ0n) is 10.9. The molecule has 21 heavy (non-hydrogen) atoms. The van der Waals surface area contributed by atoms with E-state index in [1.807, 2.05) is 29.6 Å². The Balaban J connectivity index is 1.68. The number of carbonyl (C=O) groups is 1. The van der Waals surface area contributed by atoms with Gasteiger partial charge in [0.05, 0.1) is 19.8 Å². The summed E-state index contributed by atoms with van der Waals surface area (Å²) in [5.41, 5.74) is 1.94. The Hall–Kier alpha value is -1.69. The highest BCUT2D eigenvalue weighted by Gasteiger charge is 2.08. The van der Waals surface area contributed by atoms with Gasteiger partial charge in [-0.15, -0.1) is 22.7 Å². The Morgan fingerprint density at radius 1 is 1.29 bits per heavy atom. The van der Waals surface area contributed by atoms with Crippen LogP contribution in [-0.4, -0.2) is 10.9 Å².